The lowest BCUT2D eigenvalue weighted by Gasteiger charge is -2.18. The highest BCUT2D eigenvalue weighted by atomic mass is 35.5. The molecule has 4 N–H and O–H groups in total. The third-order valence-electron chi connectivity index (χ3n) is 7.70. The number of phenolic OH excluding ortho intramolecular Hbond substituents is 1. The number of aliphatic hydroxyl groups is 1. The zero-order valence-corrected chi connectivity index (χ0v) is 25.1. The Kier molecular flexibility index (Phi) is 8.74. The van der Waals surface area contributed by atoms with Crippen molar-refractivity contribution in [2.45, 2.75) is 5.92 Å². The fraction of sp³-hybridized carbons (Fsp3) is 0.242. The number of rotatable bonds is 11. The fourth-order valence-corrected chi connectivity index (χ4v) is 5.86. The average Bonchev–Trinajstić information content (AvgIpc) is 3.65. The van der Waals surface area contributed by atoms with Crippen molar-refractivity contribution in [3.8, 4) is 17.2 Å². The van der Waals surface area contributed by atoms with Gasteiger partial charge in [-0.25, -0.2) is 4.98 Å². The van der Waals surface area contributed by atoms with Crippen molar-refractivity contribution >= 4 is 56.6 Å². The third-order valence-corrected chi connectivity index (χ3v) is 8.07. The van der Waals surface area contributed by atoms with E-state index in [4.69, 9.17) is 30.9 Å². The van der Waals surface area contributed by atoms with Crippen molar-refractivity contribution < 1.29 is 34.0 Å². The number of aromatic nitrogens is 2. The van der Waals surface area contributed by atoms with Gasteiger partial charge < -0.3 is 39.6 Å². The number of hydrogen-bond acceptors (Lipinski definition) is 8. The van der Waals surface area contributed by atoms with Crippen molar-refractivity contribution in [1.29, 1.82) is 0 Å². The van der Waals surface area contributed by atoms with Gasteiger partial charge in [0.25, 0.3) is 11.8 Å². The molecule has 0 aliphatic carbocycles. The Morgan fingerprint density at radius 3 is 2.69 bits per heavy atom. The number of aromatic hydroxyl groups is 1. The van der Waals surface area contributed by atoms with Crippen LogP contribution in [0.5, 0.6) is 17.2 Å². The quantitative estimate of drug-likeness (QED) is 0.117. The van der Waals surface area contributed by atoms with E-state index in [-0.39, 0.29) is 42.6 Å². The number of alkyl halides is 1. The third kappa shape index (κ3) is 5.97. The molecule has 0 saturated heterocycles. The Morgan fingerprint density at radius 2 is 1.93 bits per heavy atom. The minimum absolute atomic E-state index is 0.0434. The number of benzene rings is 3. The molecule has 3 heterocycles. The number of ether oxygens (including phenoxy) is 3. The van der Waals surface area contributed by atoms with Crippen LogP contribution in [0.15, 0.2) is 66.9 Å². The maximum atomic E-state index is 13.9. The number of nitrogens with zero attached hydrogens (tertiary/aromatic N) is 2. The minimum Gasteiger partial charge on any atom is -0.507 e. The highest BCUT2D eigenvalue weighted by molar-refractivity contribution is 6.19. The molecule has 1 aliphatic heterocycles. The number of amides is 2. The number of methoxy groups -OCH3 is 1. The monoisotopic (exact) mass is 630 g/mol. The Morgan fingerprint density at radius 1 is 1.11 bits per heavy atom. The van der Waals surface area contributed by atoms with Gasteiger partial charge in [-0.1, -0.05) is 12.1 Å². The van der Waals surface area contributed by atoms with Crippen LogP contribution < -0.4 is 19.7 Å². The molecule has 6 rings (SSSR count). The van der Waals surface area contributed by atoms with Gasteiger partial charge in [-0.3, -0.25) is 9.59 Å². The van der Waals surface area contributed by atoms with Crippen LogP contribution in [0.25, 0.3) is 21.7 Å². The number of aliphatic hydroxyl groups excluding tert-OH is 1. The Hall–Kier alpha value is -4.84. The summed E-state index contributed by atoms with van der Waals surface area (Å²) < 4.78 is 16.3. The van der Waals surface area contributed by atoms with E-state index < -0.39 is 0 Å². The molecular weight excluding hydrogens is 600 g/mol. The first kappa shape index (κ1) is 30.2. The summed E-state index contributed by atoms with van der Waals surface area (Å²) in [6.45, 7) is 1.22. The molecule has 5 aromatic rings. The summed E-state index contributed by atoms with van der Waals surface area (Å²) in [7, 11) is 1.57. The summed E-state index contributed by atoms with van der Waals surface area (Å²) in [4.78, 5) is 35.8. The molecule has 1 atom stereocenters. The molecule has 12 heteroatoms. The molecule has 0 unspecified atom stereocenters. The van der Waals surface area contributed by atoms with Crippen molar-refractivity contribution in [2.24, 2.45) is 0 Å². The van der Waals surface area contributed by atoms with E-state index in [9.17, 15) is 14.7 Å². The summed E-state index contributed by atoms with van der Waals surface area (Å²) in [6, 6.07) is 17.1. The number of pyridine rings is 1. The summed E-state index contributed by atoms with van der Waals surface area (Å²) >= 11 is 6.39. The number of nitrogens with one attached hydrogen (secondary N) is 2. The Balaban J connectivity index is 1.19. The van der Waals surface area contributed by atoms with Crippen LogP contribution in [0.4, 0.5) is 11.5 Å². The second-order valence-corrected chi connectivity index (χ2v) is 10.8. The SMILES string of the molecule is COc1cccc2c(O)cc3c(c12)[C@H](CCl)CN3C(=O)c1cc2cc(NC(=O)c3ccc(OCCOCCO)cc3)ncc2[nH]1. The van der Waals surface area contributed by atoms with Gasteiger partial charge in [-0.15, -0.1) is 11.6 Å². The van der Waals surface area contributed by atoms with Crippen molar-refractivity contribution in [2.75, 3.05) is 56.2 Å². The number of aromatic amines is 1. The van der Waals surface area contributed by atoms with E-state index >= 15 is 0 Å². The summed E-state index contributed by atoms with van der Waals surface area (Å²) in [5, 5.41) is 24.5. The van der Waals surface area contributed by atoms with Gasteiger partial charge in [0.1, 0.15) is 35.4 Å². The molecule has 0 saturated carbocycles. The molecule has 232 valence electrons. The predicted octanol–water partition coefficient (Wildman–Crippen LogP) is 5.05. The highest BCUT2D eigenvalue weighted by Gasteiger charge is 2.36. The van der Waals surface area contributed by atoms with Crippen LogP contribution in [0.3, 0.4) is 0 Å². The van der Waals surface area contributed by atoms with Crippen LogP contribution in [0, 0.1) is 0 Å². The van der Waals surface area contributed by atoms with E-state index in [0.29, 0.717) is 70.3 Å². The van der Waals surface area contributed by atoms with E-state index in [1.54, 1.807) is 60.7 Å². The lowest BCUT2D eigenvalue weighted by molar-refractivity contribution is 0.0705. The number of phenols is 1. The molecule has 11 nitrogen and oxygen atoms in total. The Bertz CT molecular complexity index is 1880. The average molecular weight is 631 g/mol. The van der Waals surface area contributed by atoms with Crippen molar-refractivity contribution in [3.05, 3.63) is 83.7 Å². The van der Waals surface area contributed by atoms with Gasteiger partial charge >= 0.3 is 0 Å². The molecule has 0 radical (unpaired) electrons. The van der Waals surface area contributed by atoms with Crippen LogP contribution in [0.1, 0.15) is 32.3 Å². The number of halogens is 1. The number of hydrogen-bond donors (Lipinski definition) is 4. The summed E-state index contributed by atoms with van der Waals surface area (Å²) in [6.07, 6.45) is 1.56. The topological polar surface area (TPSA) is 146 Å². The number of fused-ring (bicyclic) bond motifs is 4. The molecule has 0 bridgehead atoms. The predicted molar refractivity (Wildman–Crippen MR) is 171 cm³/mol. The maximum Gasteiger partial charge on any atom is 0.274 e. The smallest absolute Gasteiger partial charge is 0.274 e. The van der Waals surface area contributed by atoms with E-state index in [1.807, 2.05) is 18.2 Å². The minimum atomic E-state index is -0.352. The number of carbonyl (C=O) groups excluding carboxylic acids is 2. The first-order valence-corrected chi connectivity index (χ1v) is 14.9. The maximum absolute atomic E-state index is 13.9. The molecule has 2 aromatic heterocycles. The molecule has 0 fully saturated rings. The molecule has 0 spiro atoms. The number of anilines is 2. The standard InChI is InChI=1S/C33H31ClN4O7/c1-43-28-4-2-3-23-27(40)15-26-30(31(23)28)21(16-34)18-38(26)33(42)24-13-20-14-29(35-17-25(20)36-24)37-32(41)19-5-7-22(8-6-19)45-12-11-44-10-9-39/h2-8,13-15,17,21,36,39-40H,9-12,16,18H2,1H3,(H,35,37,41)/t21-/m1/s1. The second kappa shape index (κ2) is 13.0. The zero-order valence-electron chi connectivity index (χ0n) is 24.4. The highest BCUT2D eigenvalue weighted by Crippen LogP contribution is 2.48. The van der Waals surface area contributed by atoms with Gasteiger partial charge in [0.05, 0.1) is 44.3 Å². The van der Waals surface area contributed by atoms with Crippen LogP contribution in [-0.4, -0.2) is 78.0 Å². The van der Waals surface area contributed by atoms with Crippen molar-refractivity contribution in [1.82, 2.24) is 9.97 Å². The molecule has 1 aliphatic rings. The summed E-state index contributed by atoms with van der Waals surface area (Å²) in [5.41, 5.74) is 2.81. The lowest BCUT2D eigenvalue weighted by Crippen LogP contribution is -2.30. The van der Waals surface area contributed by atoms with Gasteiger partial charge in [0.2, 0.25) is 0 Å². The van der Waals surface area contributed by atoms with E-state index in [0.717, 1.165) is 10.9 Å². The molecule has 2 amide bonds. The van der Waals surface area contributed by atoms with E-state index in [2.05, 4.69) is 15.3 Å². The first-order valence-electron chi connectivity index (χ1n) is 14.3. The van der Waals surface area contributed by atoms with Gasteiger partial charge in [-0.2, -0.15) is 0 Å². The molecular formula is C33H31ClN4O7. The van der Waals surface area contributed by atoms with E-state index in [1.165, 1.54) is 0 Å². The largest absolute Gasteiger partial charge is 0.507 e. The lowest BCUT2D eigenvalue weighted by atomic mass is 9.94. The fourth-order valence-electron chi connectivity index (χ4n) is 5.61. The van der Waals surface area contributed by atoms with Gasteiger partial charge in [0.15, 0.2) is 0 Å². The molecule has 45 heavy (non-hydrogen) atoms. The van der Waals surface area contributed by atoms with Crippen LogP contribution in [0.2, 0.25) is 0 Å². The number of H-pyrrole nitrogens is 1. The van der Waals surface area contributed by atoms with Crippen molar-refractivity contribution in [3.63, 3.8) is 0 Å². The van der Waals surface area contributed by atoms with Gasteiger partial charge in [0, 0.05) is 46.1 Å². The summed E-state index contributed by atoms with van der Waals surface area (Å²) in [5.74, 6) is 1.03. The van der Waals surface area contributed by atoms with Gasteiger partial charge in [-0.05, 0) is 48.0 Å². The molecule has 3 aromatic carbocycles. The van der Waals surface area contributed by atoms with Crippen LogP contribution >= 0.6 is 11.6 Å². The first-order chi connectivity index (χ1) is 21.9. The zero-order chi connectivity index (χ0) is 31.5. The van der Waals surface area contributed by atoms with Crippen LogP contribution in [-0.2, 0) is 4.74 Å². The normalized spacial score (nSPS) is 14.1. The number of carbonyl (C=O) groups is 2. The Labute approximate surface area is 263 Å². The second-order valence-electron chi connectivity index (χ2n) is 10.5.